The van der Waals surface area contributed by atoms with E-state index in [1.54, 1.807) is 0 Å². The molecule has 0 unspecified atom stereocenters. The van der Waals surface area contributed by atoms with Gasteiger partial charge in [0.25, 0.3) is 0 Å². The molecule has 1 aliphatic carbocycles. The largest absolute Gasteiger partial charge is 0.310 e. The van der Waals surface area contributed by atoms with E-state index in [1.165, 1.54) is 103 Å². The zero-order valence-corrected chi connectivity index (χ0v) is 33.7. The summed E-state index contributed by atoms with van der Waals surface area (Å²) in [6.07, 6.45) is 0. The van der Waals surface area contributed by atoms with Crippen LogP contribution in [0.1, 0.15) is 25.0 Å². The first-order valence-corrected chi connectivity index (χ1v) is 21.3. The first kappa shape index (κ1) is 34.1. The van der Waals surface area contributed by atoms with Crippen molar-refractivity contribution >= 4 is 80.9 Å². The maximum absolute atomic E-state index is 2.49. The molecule has 278 valence electrons. The van der Waals surface area contributed by atoms with Gasteiger partial charge >= 0.3 is 0 Å². The fourth-order valence-corrected chi connectivity index (χ4v) is 11.2. The Bertz CT molecular complexity index is 3460. The van der Waals surface area contributed by atoms with E-state index in [9.17, 15) is 0 Å². The van der Waals surface area contributed by atoms with Crippen LogP contribution in [0.4, 0.5) is 17.1 Å². The molecule has 59 heavy (non-hydrogen) atoms. The molecule has 1 nitrogen and oxygen atoms in total. The second kappa shape index (κ2) is 13.0. The first-order chi connectivity index (χ1) is 29.0. The fraction of sp³-hybridized carbons (Fsp3) is 0.0526. The van der Waals surface area contributed by atoms with Crippen LogP contribution in [0.25, 0.3) is 85.9 Å². The Morgan fingerprint density at radius 3 is 1.90 bits per heavy atom. The molecule has 1 heterocycles. The number of anilines is 3. The Kier molecular flexibility index (Phi) is 7.51. The molecule has 0 atom stereocenters. The number of rotatable bonds is 5. The molecule has 0 bridgehead atoms. The van der Waals surface area contributed by atoms with Gasteiger partial charge in [-0.25, -0.2) is 0 Å². The van der Waals surface area contributed by atoms with Crippen molar-refractivity contribution in [3.05, 3.63) is 211 Å². The van der Waals surface area contributed by atoms with Crippen molar-refractivity contribution in [1.82, 2.24) is 0 Å². The molecule has 0 fully saturated rings. The topological polar surface area (TPSA) is 3.24 Å². The molecule has 11 aromatic rings. The molecule has 10 aromatic carbocycles. The summed E-state index contributed by atoms with van der Waals surface area (Å²) in [6.45, 7) is 4.83. The molecular weight excluding hydrogens is 731 g/mol. The highest BCUT2D eigenvalue weighted by atomic mass is 32.1. The highest BCUT2D eigenvalue weighted by Gasteiger charge is 2.36. The molecule has 0 radical (unpaired) electrons. The number of benzene rings is 10. The molecule has 0 N–H and O–H groups in total. The van der Waals surface area contributed by atoms with E-state index in [-0.39, 0.29) is 5.41 Å². The van der Waals surface area contributed by atoms with Gasteiger partial charge in [0.05, 0.1) is 5.69 Å². The van der Waals surface area contributed by atoms with Gasteiger partial charge in [-0.15, -0.1) is 11.3 Å². The molecule has 2 heteroatoms. The van der Waals surface area contributed by atoms with Crippen LogP contribution < -0.4 is 4.90 Å². The van der Waals surface area contributed by atoms with E-state index in [0.29, 0.717) is 0 Å². The smallest absolute Gasteiger partial charge is 0.0546 e. The van der Waals surface area contributed by atoms with Gasteiger partial charge in [0.1, 0.15) is 0 Å². The third kappa shape index (κ3) is 5.16. The lowest BCUT2D eigenvalue weighted by molar-refractivity contribution is 0.645. The van der Waals surface area contributed by atoms with Crippen molar-refractivity contribution in [2.75, 3.05) is 4.90 Å². The van der Waals surface area contributed by atoms with E-state index in [0.717, 1.165) is 11.4 Å². The Morgan fingerprint density at radius 1 is 0.407 bits per heavy atom. The minimum absolute atomic E-state index is 0.256. The molecule has 12 rings (SSSR count). The van der Waals surface area contributed by atoms with Gasteiger partial charge in [-0.3, -0.25) is 0 Å². The minimum Gasteiger partial charge on any atom is -0.310 e. The van der Waals surface area contributed by atoms with Crippen LogP contribution in [-0.2, 0) is 5.41 Å². The van der Waals surface area contributed by atoms with Crippen molar-refractivity contribution in [2.45, 2.75) is 19.3 Å². The van der Waals surface area contributed by atoms with Gasteiger partial charge < -0.3 is 4.90 Å². The lowest BCUT2D eigenvalue weighted by Gasteiger charge is -2.37. The van der Waals surface area contributed by atoms with E-state index in [2.05, 4.69) is 219 Å². The second-order valence-electron chi connectivity index (χ2n) is 16.4. The summed E-state index contributed by atoms with van der Waals surface area (Å²) in [5.74, 6) is 0. The molecule has 0 amide bonds. The standard InChI is InChI=1S/C57H39NS/c1-57(2)50-24-12-17-38-28-32-46(48-23-13-22-47-45-21-10-11-25-53(45)59-56(47)48)55(54(38)50)49-33-31-41(35-51(49)57)58(40-29-26-37(27-30-40)36-14-4-3-5-15-36)52-34-39-16-6-7-18-42(39)43-19-8-9-20-44(43)52/h3-35H,1-2H3. The van der Waals surface area contributed by atoms with E-state index in [4.69, 9.17) is 0 Å². The van der Waals surface area contributed by atoms with Gasteiger partial charge in [0.2, 0.25) is 0 Å². The Balaban J connectivity index is 1.12. The van der Waals surface area contributed by atoms with Crippen molar-refractivity contribution in [3.63, 3.8) is 0 Å². The quantitative estimate of drug-likeness (QED) is 0.158. The number of hydrogen-bond donors (Lipinski definition) is 0. The first-order valence-electron chi connectivity index (χ1n) is 20.5. The van der Waals surface area contributed by atoms with Crippen LogP contribution in [-0.4, -0.2) is 0 Å². The Morgan fingerprint density at radius 2 is 1.05 bits per heavy atom. The molecular formula is C57H39NS. The Labute approximate surface area is 348 Å². The summed E-state index contributed by atoms with van der Waals surface area (Å²) in [5.41, 5.74) is 13.5. The van der Waals surface area contributed by atoms with Crippen molar-refractivity contribution in [3.8, 4) is 33.4 Å². The third-order valence-electron chi connectivity index (χ3n) is 12.8. The average Bonchev–Trinajstić information content (AvgIpc) is 3.68. The van der Waals surface area contributed by atoms with Crippen LogP contribution >= 0.6 is 11.3 Å². The van der Waals surface area contributed by atoms with Gasteiger partial charge in [0.15, 0.2) is 0 Å². The Hall–Kier alpha value is -7.00. The summed E-state index contributed by atoms with van der Waals surface area (Å²) in [6, 6.07) is 74.4. The van der Waals surface area contributed by atoms with Crippen molar-refractivity contribution < 1.29 is 0 Å². The zero-order valence-electron chi connectivity index (χ0n) is 32.9. The molecule has 0 saturated carbocycles. The van der Waals surface area contributed by atoms with Crippen LogP contribution in [0.3, 0.4) is 0 Å². The summed E-state index contributed by atoms with van der Waals surface area (Å²) >= 11 is 1.91. The minimum atomic E-state index is -0.256. The SMILES string of the molecule is CC1(C)c2cc(N(c3ccc(-c4ccccc4)cc3)c3cc4ccccc4c4ccccc34)ccc2-c2c(-c3cccc4c3sc3ccccc34)ccc3cccc1c23. The molecule has 0 saturated heterocycles. The maximum atomic E-state index is 2.49. The number of hydrogen-bond acceptors (Lipinski definition) is 2. The third-order valence-corrected chi connectivity index (χ3v) is 14.1. The summed E-state index contributed by atoms with van der Waals surface area (Å²) in [4.78, 5) is 2.49. The van der Waals surface area contributed by atoms with Gasteiger partial charge in [-0.05, 0) is 102 Å². The normalized spacial score (nSPS) is 13.1. The maximum Gasteiger partial charge on any atom is 0.0546 e. The molecule has 0 aliphatic heterocycles. The van der Waals surface area contributed by atoms with Crippen LogP contribution in [0.15, 0.2) is 200 Å². The number of thiophene rings is 1. The predicted molar refractivity (Wildman–Crippen MR) is 255 cm³/mol. The monoisotopic (exact) mass is 769 g/mol. The van der Waals surface area contributed by atoms with Crippen LogP contribution in [0, 0.1) is 0 Å². The zero-order chi connectivity index (χ0) is 39.2. The lowest BCUT2D eigenvalue weighted by atomic mass is 9.67. The predicted octanol–water partition coefficient (Wildman–Crippen LogP) is 16.6. The van der Waals surface area contributed by atoms with Crippen LogP contribution in [0.5, 0.6) is 0 Å². The van der Waals surface area contributed by atoms with E-state index in [1.807, 2.05) is 11.3 Å². The molecule has 1 aromatic heterocycles. The van der Waals surface area contributed by atoms with Crippen molar-refractivity contribution in [1.29, 1.82) is 0 Å². The average molecular weight is 770 g/mol. The van der Waals surface area contributed by atoms with Gasteiger partial charge in [0, 0.05) is 47.9 Å². The summed E-state index contributed by atoms with van der Waals surface area (Å²) < 4.78 is 2.67. The summed E-state index contributed by atoms with van der Waals surface area (Å²) in [5, 5.41) is 10.3. The highest BCUT2D eigenvalue weighted by Crippen LogP contribution is 2.55. The second-order valence-corrected chi connectivity index (χ2v) is 17.5. The van der Waals surface area contributed by atoms with Crippen LogP contribution in [0.2, 0.25) is 0 Å². The lowest BCUT2D eigenvalue weighted by Crippen LogP contribution is -2.24. The van der Waals surface area contributed by atoms with Gasteiger partial charge in [-0.2, -0.15) is 0 Å². The molecule has 0 spiro atoms. The number of nitrogens with zero attached hydrogens (tertiary/aromatic N) is 1. The fourth-order valence-electron chi connectivity index (χ4n) is 10.00. The molecule has 1 aliphatic rings. The highest BCUT2D eigenvalue weighted by molar-refractivity contribution is 7.26. The summed E-state index contributed by atoms with van der Waals surface area (Å²) in [7, 11) is 0. The van der Waals surface area contributed by atoms with E-state index < -0.39 is 0 Å². The number of fused-ring (bicyclic) bond motifs is 8. The van der Waals surface area contributed by atoms with E-state index >= 15 is 0 Å². The van der Waals surface area contributed by atoms with Gasteiger partial charge in [-0.1, -0.05) is 178 Å². The van der Waals surface area contributed by atoms with Crippen molar-refractivity contribution in [2.24, 2.45) is 0 Å².